The van der Waals surface area contributed by atoms with E-state index in [0.717, 1.165) is 96.7 Å². The smallest absolute Gasteiger partial charge is 0.137 e. The lowest BCUT2D eigenvalue weighted by Crippen LogP contribution is -2.14. The normalized spacial score (nSPS) is 15.4. The van der Waals surface area contributed by atoms with E-state index in [1.165, 1.54) is 48.4 Å². The van der Waals surface area contributed by atoms with E-state index in [1.807, 2.05) is 60.7 Å². The number of para-hydroxylation sites is 2. The Hall–Kier alpha value is -5.22. The standard InChI is InChI=1S/C44H42N6OS2/c1-3-5-13-27(4-2)26-51-30-22-20-29(21-23-30)40-38-37(41(50-40)31(24-45)43-47-33-16-9-11-18-35(33)52-43)39(28-14-7-6-8-15-28)49-42(38)32(25-46)44-48-34-17-10-12-19-36(34)53-44/h9-12,16-23,27-28,49-50H,3-8,13-15,26H2,1-2H3/b41-31-,42-32-. The predicted octanol–water partition coefficient (Wildman–Crippen LogP) is 10.5. The van der Waals surface area contributed by atoms with Crippen LogP contribution in [0.5, 0.6) is 5.75 Å². The maximum absolute atomic E-state index is 10.9. The summed E-state index contributed by atoms with van der Waals surface area (Å²) in [6, 6.07) is 29.4. The highest BCUT2D eigenvalue weighted by atomic mass is 32.1. The zero-order chi connectivity index (χ0) is 36.3. The maximum atomic E-state index is 10.9. The maximum Gasteiger partial charge on any atom is 0.137 e. The summed E-state index contributed by atoms with van der Waals surface area (Å²) in [7, 11) is 0. The van der Waals surface area contributed by atoms with Gasteiger partial charge in [-0.2, -0.15) is 10.5 Å². The number of ether oxygens (including phenoxy) is 1. The molecule has 1 atom stereocenters. The van der Waals surface area contributed by atoms with Gasteiger partial charge >= 0.3 is 0 Å². The van der Waals surface area contributed by atoms with Crippen molar-refractivity contribution in [2.24, 2.45) is 5.92 Å². The van der Waals surface area contributed by atoms with Crippen LogP contribution in [0.3, 0.4) is 0 Å². The van der Waals surface area contributed by atoms with Crippen LogP contribution in [0, 0.1) is 28.6 Å². The van der Waals surface area contributed by atoms with Gasteiger partial charge in [0.25, 0.3) is 0 Å². The number of aromatic nitrogens is 4. The highest BCUT2D eigenvalue weighted by molar-refractivity contribution is 7.20. The van der Waals surface area contributed by atoms with Crippen molar-refractivity contribution >= 4 is 65.0 Å². The van der Waals surface area contributed by atoms with Crippen LogP contribution in [0.4, 0.5) is 0 Å². The minimum absolute atomic E-state index is 0.267. The Labute approximate surface area is 317 Å². The van der Waals surface area contributed by atoms with Gasteiger partial charge in [-0.25, -0.2) is 9.97 Å². The minimum Gasteiger partial charge on any atom is -0.493 e. The van der Waals surface area contributed by atoms with Gasteiger partial charge in [0, 0.05) is 16.5 Å². The molecule has 0 saturated heterocycles. The number of benzene rings is 3. The van der Waals surface area contributed by atoms with Crippen LogP contribution >= 0.6 is 22.7 Å². The molecule has 1 saturated carbocycles. The van der Waals surface area contributed by atoms with Crippen molar-refractivity contribution in [3.8, 4) is 29.1 Å². The molecular formula is C44H42N6OS2. The molecule has 1 fully saturated rings. The third-order valence-corrected chi connectivity index (χ3v) is 12.8. The number of hydrogen-bond donors (Lipinski definition) is 2. The first kappa shape index (κ1) is 34.8. The first-order chi connectivity index (χ1) is 26.1. The average Bonchev–Trinajstić information content (AvgIpc) is 4.00. The van der Waals surface area contributed by atoms with Gasteiger partial charge < -0.3 is 14.7 Å². The molecule has 0 spiro atoms. The van der Waals surface area contributed by atoms with Gasteiger partial charge in [0.15, 0.2) is 0 Å². The van der Waals surface area contributed by atoms with E-state index in [9.17, 15) is 10.5 Å². The Kier molecular flexibility index (Phi) is 10.1. The van der Waals surface area contributed by atoms with Crippen molar-refractivity contribution < 1.29 is 4.74 Å². The summed E-state index contributed by atoms with van der Waals surface area (Å²) >= 11 is 3.06. The number of aromatic amines is 2. The second kappa shape index (κ2) is 15.4. The van der Waals surface area contributed by atoms with Gasteiger partial charge in [-0.1, -0.05) is 76.6 Å². The fourth-order valence-corrected chi connectivity index (χ4v) is 9.71. The van der Waals surface area contributed by atoms with E-state index < -0.39 is 0 Å². The molecular weight excluding hydrogens is 693 g/mol. The van der Waals surface area contributed by atoms with Gasteiger partial charge in [-0.15, -0.1) is 22.7 Å². The zero-order valence-electron chi connectivity index (χ0n) is 30.2. The highest BCUT2D eigenvalue weighted by Crippen LogP contribution is 2.38. The van der Waals surface area contributed by atoms with E-state index in [-0.39, 0.29) is 5.92 Å². The van der Waals surface area contributed by atoms with Gasteiger partial charge in [0.05, 0.1) is 43.4 Å². The van der Waals surface area contributed by atoms with Gasteiger partial charge in [0.2, 0.25) is 0 Å². The summed E-state index contributed by atoms with van der Waals surface area (Å²) in [5.74, 6) is 1.63. The molecule has 3 aromatic carbocycles. The Morgan fingerprint density at radius 3 is 1.96 bits per heavy atom. The number of thiazole rings is 2. The molecule has 1 unspecified atom stereocenters. The number of H-pyrrole nitrogens is 2. The number of hydrogen-bond acceptors (Lipinski definition) is 7. The van der Waals surface area contributed by atoms with Crippen LogP contribution in [-0.2, 0) is 0 Å². The van der Waals surface area contributed by atoms with Crippen LogP contribution < -0.4 is 15.4 Å². The van der Waals surface area contributed by atoms with Gasteiger partial charge in [-0.3, -0.25) is 0 Å². The Morgan fingerprint density at radius 1 is 0.792 bits per heavy atom. The number of fused-ring (bicyclic) bond motifs is 3. The number of rotatable bonds is 11. The minimum atomic E-state index is 0.267. The second-order valence-electron chi connectivity index (χ2n) is 14.1. The van der Waals surface area contributed by atoms with Crippen LogP contribution in [0.2, 0.25) is 0 Å². The molecule has 9 heteroatoms. The number of nitrogens with zero attached hydrogens (tertiary/aromatic N) is 4. The van der Waals surface area contributed by atoms with E-state index in [0.29, 0.717) is 33.7 Å². The first-order valence-electron chi connectivity index (χ1n) is 18.9. The van der Waals surface area contributed by atoms with E-state index in [4.69, 9.17) is 14.7 Å². The molecule has 0 radical (unpaired) electrons. The molecule has 1 aliphatic rings. The summed E-state index contributed by atoms with van der Waals surface area (Å²) in [4.78, 5) is 17.5. The quantitative estimate of drug-likeness (QED) is 0.137. The molecule has 1 aliphatic carbocycles. The van der Waals surface area contributed by atoms with Crippen molar-refractivity contribution in [1.82, 2.24) is 19.9 Å². The molecule has 7 aromatic rings. The van der Waals surface area contributed by atoms with Crippen molar-refractivity contribution in [2.75, 3.05) is 6.61 Å². The van der Waals surface area contributed by atoms with Gasteiger partial charge in [0.1, 0.15) is 39.0 Å². The van der Waals surface area contributed by atoms with Gasteiger partial charge in [-0.05, 0) is 85.2 Å². The summed E-state index contributed by atoms with van der Waals surface area (Å²) in [5.41, 5.74) is 5.63. The van der Waals surface area contributed by atoms with Crippen LogP contribution in [0.15, 0.2) is 72.8 Å². The number of unbranched alkanes of at least 4 members (excludes halogenated alkanes) is 1. The summed E-state index contributed by atoms with van der Waals surface area (Å²) in [5, 5.41) is 26.5. The molecule has 266 valence electrons. The van der Waals surface area contributed by atoms with E-state index in [1.54, 1.807) is 0 Å². The average molecular weight is 735 g/mol. The van der Waals surface area contributed by atoms with Crippen molar-refractivity contribution in [3.63, 3.8) is 0 Å². The Morgan fingerprint density at radius 2 is 1.40 bits per heavy atom. The fraction of sp³-hybridized carbons (Fsp3) is 0.318. The van der Waals surface area contributed by atoms with Crippen LogP contribution in [0.25, 0.3) is 53.6 Å². The molecule has 53 heavy (non-hydrogen) atoms. The highest BCUT2D eigenvalue weighted by Gasteiger charge is 2.27. The van der Waals surface area contributed by atoms with Crippen molar-refractivity contribution in [2.45, 2.75) is 77.6 Å². The summed E-state index contributed by atoms with van der Waals surface area (Å²) in [6.07, 6.45) is 10.3. The van der Waals surface area contributed by atoms with E-state index in [2.05, 4.69) is 48.1 Å². The monoisotopic (exact) mass is 734 g/mol. The second-order valence-corrected chi connectivity index (χ2v) is 16.1. The van der Waals surface area contributed by atoms with Crippen molar-refractivity contribution in [3.05, 3.63) is 99.2 Å². The lowest BCUT2D eigenvalue weighted by molar-refractivity contribution is 0.233. The molecule has 4 aromatic heterocycles. The van der Waals surface area contributed by atoms with Crippen LogP contribution in [0.1, 0.15) is 93.3 Å². The number of nitriles is 2. The summed E-state index contributed by atoms with van der Waals surface area (Å²) in [6.45, 7) is 5.17. The summed E-state index contributed by atoms with van der Waals surface area (Å²) < 4.78 is 8.38. The largest absolute Gasteiger partial charge is 0.493 e. The lowest BCUT2D eigenvalue weighted by atomic mass is 9.86. The molecule has 8 rings (SSSR count). The Balaban J connectivity index is 1.39. The topological polar surface area (TPSA) is 114 Å². The lowest BCUT2D eigenvalue weighted by Gasteiger charge is -2.20. The van der Waals surface area contributed by atoms with Crippen molar-refractivity contribution in [1.29, 1.82) is 10.5 Å². The molecule has 4 heterocycles. The fourth-order valence-electron chi connectivity index (χ4n) is 7.78. The van der Waals surface area contributed by atoms with E-state index >= 15 is 0 Å². The molecule has 0 bridgehead atoms. The zero-order valence-corrected chi connectivity index (χ0v) is 31.8. The third-order valence-electron chi connectivity index (χ3n) is 10.7. The SMILES string of the molecule is CCCCC(CC)COc1ccc(-c2[nH]/c(=C(/C#N)c3nc4ccccc4s3)c3c(C4CCCCC4)[nH]/c(=C(/C#N)c4nc5ccccc5s4)c23)cc1. The van der Waals surface area contributed by atoms with Crippen LogP contribution in [-0.4, -0.2) is 26.5 Å². The Bertz CT molecular complexity index is 2460. The predicted molar refractivity (Wildman–Crippen MR) is 217 cm³/mol. The third kappa shape index (κ3) is 6.76. The molecule has 0 amide bonds. The molecule has 2 N–H and O–H groups in total. The first-order valence-corrected chi connectivity index (χ1v) is 20.5. The number of nitrogens with one attached hydrogen (secondary N) is 2. The molecule has 7 nitrogen and oxygen atoms in total. The molecule has 0 aliphatic heterocycles.